The van der Waals surface area contributed by atoms with Gasteiger partial charge in [-0.1, -0.05) is 17.2 Å². The van der Waals surface area contributed by atoms with E-state index in [0.717, 1.165) is 16.8 Å². The molecule has 2 fully saturated rings. The Kier molecular flexibility index (Phi) is 7.10. The second kappa shape index (κ2) is 10.7. The first-order valence-corrected chi connectivity index (χ1v) is 16.7. The van der Waals surface area contributed by atoms with E-state index >= 15 is 0 Å². The number of ketones is 1. The quantitative estimate of drug-likeness (QED) is 0.182. The average Bonchev–Trinajstić information content (AvgIpc) is 3.61. The van der Waals surface area contributed by atoms with E-state index in [1.165, 1.54) is 29.1 Å². The van der Waals surface area contributed by atoms with Crippen molar-refractivity contribution in [2.24, 2.45) is 12.5 Å². The first-order chi connectivity index (χ1) is 21.4. The molecule has 7 rings (SSSR count). The molecule has 0 amide bonds. The molecule has 3 aliphatic carbocycles. The van der Waals surface area contributed by atoms with Gasteiger partial charge in [-0.3, -0.25) is 14.5 Å². The maximum atomic E-state index is 14.6. The van der Waals surface area contributed by atoms with Crippen molar-refractivity contribution in [3.63, 3.8) is 0 Å². The topological polar surface area (TPSA) is 85.9 Å². The van der Waals surface area contributed by atoms with Crippen molar-refractivity contribution in [1.82, 2.24) is 28.9 Å². The number of rotatable bonds is 7. The zero-order chi connectivity index (χ0) is 31.7. The minimum absolute atomic E-state index is 0.185. The van der Waals surface area contributed by atoms with E-state index in [-0.39, 0.29) is 35.2 Å². The predicted molar refractivity (Wildman–Crippen MR) is 165 cm³/mol. The number of hydrogen-bond donors (Lipinski definition) is 0. The van der Waals surface area contributed by atoms with Crippen LogP contribution in [0.1, 0.15) is 53.8 Å². The summed E-state index contributed by atoms with van der Waals surface area (Å²) in [6.45, 7) is 0. The van der Waals surface area contributed by atoms with Gasteiger partial charge in [0.15, 0.2) is 10.8 Å². The number of nitrogens with zero attached hydrogens (tertiary/aromatic N) is 6. The van der Waals surface area contributed by atoms with E-state index in [9.17, 15) is 22.2 Å². The minimum Gasteiger partial charge on any atom is -0.291 e. The number of fused-ring (bicyclic) bond motifs is 2. The molecule has 0 spiro atoms. The number of carbonyl (C=O) groups is 1. The van der Waals surface area contributed by atoms with E-state index in [1.54, 1.807) is 52.7 Å². The molecule has 1 aromatic carbocycles. The molecule has 0 N–H and O–H groups in total. The second-order valence-corrected chi connectivity index (χ2v) is 14.8. The van der Waals surface area contributed by atoms with Crippen LogP contribution in [0.3, 0.4) is 0 Å². The first-order valence-electron chi connectivity index (χ1n) is 14.6. The number of carbonyl (C=O) groups excluding carboxylic acids is 1. The van der Waals surface area contributed by atoms with Crippen molar-refractivity contribution in [2.75, 3.05) is 0 Å². The van der Waals surface area contributed by atoms with Gasteiger partial charge < -0.3 is 0 Å². The van der Waals surface area contributed by atoms with Gasteiger partial charge in [-0.05, 0) is 85.7 Å². The van der Waals surface area contributed by atoms with Crippen LogP contribution >= 0.6 is 11.6 Å². The Balaban J connectivity index is 1.33. The first kappa shape index (κ1) is 29.9. The lowest BCUT2D eigenvalue weighted by atomic mass is 9.60. The van der Waals surface area contributed by atoms with Crippen molar-refractivity contribution in [3.05, 3.63) is 94.4 Å². The van der Waals surface area contributed by atoms with Crippen LogP contribution in [0, 0.1) is 11.2 Å². The molecule has 3 aliphatic rings. The summed E-state index contributed by atoms with van der Waals surface area (Å²) < 4.78 is 61.6. The summed E-state index contributed by atoms with van der Waals surface area (Å²) in [6, 6.07) is 9.49. The third-order valence-electron chi connectivity index (χ3n) is 9.24. The number of alkyl halides is 2. The Morgan fingerprint density at radius 1 is 1.13 bits per heavy atom. The van der Waals surface area contributed by atoms with Crippen LogP contribution < -0.4 is 0 Å². The molecule has 8 nitrogen and oxygen atoms in total. The summed E-state index contributed by atoms with van der Waals surface area (Å²) in [5.41, 5.74) is 2.14. The van der Waals surface area contributed by atoms with Crippen LogP contribution in [0.2, 0.25) is 5.02 Å². The molecular weight excluding hydrogens is 625 g/mol. The zero-order valence-electron chi connectivity index (χ0n) is 24.4. The van der Waals surface area contributed by atoms with E-state index < -0.39 is 46.0 Å². The van der Waals surface area contributed by atoms with Crippen LogP contribution in [0.25, 0.3) is 11.8 Å². The fourth-order valence-corrected chi connectivity index (χ4v) is 9.32. The number of allylic oxidation sites excluding steroid dienone is 1. The molecule has 13 heteroatoms. The van der Waals surface area contributed by atoms with Crippen molar-refractivity contribution < 1.29 is 22.2 Å². The summed E-state index contributed by atoms with van der Waals surface area (Å²) in [5, 5.41) is 9.49. The Hall–Kier alpha value is -3.74. The van der Waals surface area contributed by atoms with E-state index in [4.69, 9.17) is 11.6 Å². The van der Waals surface area contributed by atoms with Gasteiger partial charge in [-0.2, -0.15) is 10.2 Å². The highest BCUT2D eigenvalue weighted by Crippen LogP contribution is 2.53. The number of pyridine rings is 1. The van der Waals surface area contributed by atoms with Gasteiger partial charge in [-0.15, -0.1) is 0 Å². The largest absolute Gasteiger partial charge is 0.291 e. The molecule has 1 unspecified atom stereocenters. The van der Waals surface area contributed by atoms with Gasteiger partial charge in [0, 0.05) is 49.4 Å². The maximum absolute atomic E-state index is 14.6. The van der Waals surface area contributed by atoms with Gasteiger partial charge in [0.05, 0.1) is 32.7 Å². The molecule has 4 aromatic rings. The van der Waals surface area contributed by atoms with E-state index in [0.29, 0.717) is 23.6 Å². The molecule has 0 bridgehead atoms. The average molecular weight is 655 g/mol. The number of aromatic nitrogens is 5. The smallest absolute Gasteiger partial charge is 0.251 e. The normalized spacial score (nSPS) is 23.9. The van der Waals surface area contributed by atoms with Gasteiger partial charge in [0.1, 0.15) is 11.5 Å². The Morgan fingerprint density at radius 2 is 1.89 bits per heavy atom. The zero-order valence-corrected chi connectivity index (χ0v) is 25.9. The maximum Gasteiger partial charge on any atom is 0.251 e. The monoisotopic (exact) mass is 654 g/mol. The predicted octanol–water partition coefficient (Wildman–Crippen LogP) is 5.94. The summed E-state index contributed by atoms with van der Waals surface area (Å²) in [7, 11) is -1.60. The van der Waals surface area contributed by atoms with Crippen LogP contribution in [-0.4, -0.2) is 62.7 Å². The van der Waals surface area contributed by atoms with Gasteiger partial charge in [-0.25, -0.2) is 26.4 Å². The van der Waals surface area contributed by atoms with Crippen molar-refractivity contribution >= 4 is 39.0 Å². The van der Waals surface area contributed by atoms with Crippen LogP contribution in [0.4, 0.5) is 13.2 Å². The SMILES string of the molecule is C=S(=O)(c1ccn(C)n1)N(C1CC(F)(F)C1)[C@H]1CCC2=Cc3c(cnn3-c3ccc(F)cc3)C[C@]2(C(=O)c2cc(Cl)ccn2)C1. The van der Waals surface area contributed by atoms with Crippen LogP contribution in [0.5, 0.6) is 0 Å². The molecule has 2 saturated carbocycles. The molecule has 0 radical (unpaired) electrons. The molecular formula is C32H30ClF3N6O2S. The van der Waals surface area contributed by atoms with Crippen molar-refractivity contribution in [3.8, 4) is 5.69 Å². The number of hydrogen-bond acceptors (Lipinski definition) is 5. The number of aryl methyl sites for hydroxylation is 1. The standard InChI is InChI=1S/C32H30ClF3N6O2S/c1-40-12-10-29(39-40)45(2,44)42(26-17-32(35,36)18-26)25-6-3-21-13-28-20(19-38-41(28)24-7-4-23(34)5-8-24)15-31(21,16-25)30(43)27-14-22(33)9-11-37-27/h4-5,7-14,19,25-26H,2-3,6,15-18H2,1H3/t25-,31-,45?/m0/s1. The lowest BCUT2D eigenvalue weighted by molar-refractivity contribution is -0.115. The van der Waals surface area contributed by atoms with Crippen LogP contribution in [-0.2, 0) is 23.2 Å². The van der Waals surface area contributed by atoms with Gasteiger partial charge in [0.25, 0.3) is 5.92 Å². The highest BCUT2D eigenvalue weighted by molar-refractivity contribution is 7.98. The number of benzene rings is 1. The second-order valence-electron chi connectivity index (χ2n) is 12.2. The molecule has 0 aliphatic heterocycles. The third kappa shape index (κ3) is 5.12. The summed E-state index contributed by atoms with van der Waals surface area (Å²) >= 11 is 6.29. The summed E-state index contributed by atoms with van der Waals surface area (Å²) in [6.07, 6.45) is 7.23. The highest BCUT2D eigenvalue weighted by Gasteiger charge is 2.56. The molecule has 234 valence electrons. The summed E-state index contributed by atoms with van der Waals surface area (Å²) in [4.78, 5) is 19.0. The van der Waals surface area contributed by atoms with Gasteiger partial charge in [0.2, 0.25) is 0 Å². The molecule has 3 aromatic heterocycles. The molecule has 0 saturated heterocycles. The molecule has 3 heterocycles. The van der Waals surface area contributed by atoms with Crippen molar-refractivity contribution in [1.29, 1.82) is 0 Å². The lowest BCUT2D eigenvalue weighted by Crippen LogP contribution is -2.59. The Labute approximate surface area is 263 Å². The van der Waals surface area contributed by atoms with Crippen LogP contribution in [0.15, 0.2) is 71.7 Å². The van der Waals surface area contributed by atoms with E-state index in [1.807, 2.05) is 6.08 Å². The molecule has 3 atom stereocenters. The fraction of sp³-hybridized carbons (Fsp3) is 0.344. The third-order valence-corrected chi connectivity index (χ3v) is 11.6. The Morgan fingerprint density at radius 3 is 2.56 bits per heavy atom. The fourth-order valence-electron chi connectivity index (χ4n) is 7.12. The number of Topliss-reactive ketones (excluding diaryl/α,β-unsaturated/α-hetero) is 1. The number of halogens is 4. The molecule has 45 heavy (non-hydrogen) atoms. The van der Waals surface area contributed by atoms with Gasteiger partial charge >= 0.3 is 0 Å². The van der Waals surface area contributed by atoms with Crippen molar-refractivity contribution in [2.45, 2.75) is 61.6 Å². The minimum atomic E-state index is -3.29. The highest BCUT2D eigenvalue weighted by atomic mass is 35.5. The summed E-state index contributed by atoms with van der Waals surface area (Å²) in [5.74, 6) is 0.577. The lowest BCUT2D eigenvalue weighted by Gasteiger charge is -2.51. The van der Waals surface area contributed by atoms with E-state index in [2.05, 4.69) is 21.1 Å². The Bertz CT molecular complexity index is 1950.